The molecule has 132 valence electrons. The molecular weight excluding hydrogens is 330 g/mol. The molecule has 0 radical (unpaired) electrons. The Morgan fingerprint density at radius 1 is 1.54 bits per heavy atom. The van der Waals surface area contributed by atoms with Crippen molar-refractivity contribution in [3.63, 3.8) is 0 Å². The first kappa shape index (κ1) is 18.7. The largest absolute Gasteiger partial charge is 0.443 e. The summed E-state index contributed by atoms with van der Waals surface area (Å²) in [5.74, 6) is 0. The predicted molar refractivity (Wildman–Crippen MR) is 91.5 cm³/mol. The quantitative estimate of drug-likeness (QED) is 0.834. The number of halogens is 1. The summed E-state index contributed by atoms with van der Waals surface area (Å²) in [7, 11) is 0. The Morgan fingerprint density at radius 3 is 2.75 bits per heavy atom. The monoisotopic (exact) mass is 353 g/mol. The molecule has 1 amide bonds. The van der Waals surface area contributed by atoms with Crippen LogP contribution >= 0.6 is 11.6 Å². The maximum absolute atomic E-state index is 12.5. The number of aromatic nitrogens is 2. The second-order valence-corrected chi connectivity index (χ2v) is 7.52. The van der Waals surface area contributed by atoms with Gasteiger partial charge >= 0.3 is 6.09 Å². The van der Waals surface area contributed by atoms with Crippen LogP contribution in [-0.4, -0.2) is 37.7 Å². The summed E-state index contributed by atoms with van der Waals surface area (Å²) in [6, 6.07) is -0.268. The highest BCUT2D eigenvalue weighted by Crippen LogP contribution is 2.42. The first-order chi connectivity index (χ1) is 11.1. The molecule has 24 heavy (non-hydrogen) atoms. The van der Waals surface area contributed by atoms with Gasteiger partial charge in [0.2, 0.25) is 0 Å². The van der Waals surface area contributed by atoms with Crippen molar-refractivity contribution < 1.29 is 14.6 Å². The SMILES string of the molecule is C/C=C1/CC(O)(c2ncncc2Cl)CC(C)N1C(=O)OC(C)(C)C. The van der Waals surface area contributed by atoms with Crippen LogP contribution in [-0.2, 0) is 10.3 Å². The third-order valence-corrected chi connectivity index (χ3v) is 4.17. The van der Waals surface area contributed by atoms with Crippen LogP contribution in [0.15, 0.2) is 24.3 Å². The fourth-order valence-corrected chi connectivity index (χ4v) is 3.29. The van der Waals surface area contributed by atoms with Gasteiger partial charge in [-0.05, 0) is 34.6 Å². The van der Waals surface area contributed by atoms with E-state index in [0.717, 1.165) is 0 Å². The van der Waals surface area contributed by atoms with E-state index in [9.17, 15) is 9.90 Å². The number of carbonyl (C=O) groups excluding carboxylic acids is 1. The maximum atomic E-state index is 12.5. The van der Waals surface area contributed by atoms with Gasteiger partial charge in [-0.15, -0.1) is 0 Å². The summed E-state index contributed by atoms with van der Waals surface area (Å²) in [6.07, 6.45) is 4.74. The number of likely N-dealkylation sites (tertiary alicyclic amines) is 1. The van der Waals surface area contributed by atoms with Crippen LogP contribution in [0.25, 0.3) is 0 Å². The Morgan fingerprint density at radius 2 is 2.21 bits per heavy atom. The van der Waals surface area contributed by atoms with Gasteiger partial charge in [-0.1, -0.05) is 17.7 Å². The minimum Gasteiger partial charge on any atom is -0.443 e. The molecule has 1 N–H and O–H groups in total. The molecule has 7 heteroatoms. The van der Waals surface area contributed by atoms with Crippen molar-refractivity contribution in [3.05, 3.63) is 35.0 Å². The first-order valence-electron chi connectivity index (χ1n) is 7.93. The number of piperidine rings is 1. The summed E-state index contributed by atoms with van der Waals surface area (Å²) in [4.78, 5) is 22.1. The van der Waals surface area contributed by atoms with Crippen LogP contribution in [0.5, 0.6) is 0 Å². The van der Waals surface area contributed by atoms with E-state index in [4.69, 9.17) is 16.3 Å². The van der Waals surface area contributed by atoms with Gasteiger partial charge in [0.25, 0.3) is 0 Å². The van der Waals surface area contributed by atoms with Gasteiger partial charge < -0.3 is 9.84 Å². The standard InChI is InChI=1S/C17H24ClN3O3/c1-6-12-8-17(23,14-13(18)9-19-10-20-14)7-11(2)21(12)15(22)24-16(3,4)5/h6,9-11,23H,7-8H2,1-5H3/b12-6-. The summed E-state index contributed by atoms with van der Waals surface area (Å²) < 4.78 is 5.49. The fourth-order valence-electron chi connectivity index (χ4n) is 3.00. The number of ether oxygens (including phenoxy) is 1. The number of carbonyl (C=O) groups is 1. The summed E-state index contributed by atoms with van der Waals surface area (Å²) in [6.45, 7) is 9.17. The van der Waals surface area contributed by atoms with Gasteiger partial charge in [-0.25, -0.2) is 14.8 Å². The zero-order valence-electron chi connectivity index (χ0n) is 14.7. The number of aliphatic hydroxyl groups is 1. The number of amides is 1. The Labute approximate surface area is 147 Å². The molecule has 2 unspecified atom stereocenters. The van der Waals surface area contributed by atoms with E-state index in [1.165, 1.54) is 12.5 Å². The summed E-state index contributed by atoms with van der Waals surface area (Å²) >= 11 is 6.16. The Bertz CT molecular complexity index is 657. The normalized spacial score (nSPS) is 26.5. The number of hydrogen-bond acceptors (Lipinski definition) is 5. The Hall–Kier alpha value is -1.66. The molecule has 1 saturated heterocycles. The highest BCUT2D eigenvalue weighted by Gasteiger charge is 2.45. The van der Waals surface area contributed by atoms with Crippen LogP contribution in [0.1, 0.15) is 53.2 Å². The molecule has 1 fully saturated rings. The van der Waals surface area contributed by atoms with Gasteiger partial charge in [0.1, 0.15) is 17.5 Å². The maximum Gasteiger partial charge on any atom is 0.414 e. The van der Waals surface area contributed by atoms with E-state index in [2.05, 4.69) is 9.97 Å². The first-order valence-corrected chi connectivity index (χ1v) is 8.31. The molecule has 0 saturated carbocycles. The van der Waals surface area contributed by atoms with Crippen LogP contribution in [0.4, 0.5) is 4.79 Å². The topological polar surface area (TPSA) is 75.6 Å². The van der Waals surface area contributed by atoms with Crippen molar-refractivity contribution in [3.8, 4) is 0 Å². The van der Waals surface area contributed by atoms with Crippen molar-refractivity contribution in [2.45, 2.75) is 64.7 Å². The van der Waals surface area contributed by atoms with Gasteiger partial charge in [0.05, 0.1) is 10.7 Å². The lowest BCUT2D eigenvalue weighted by Crippen LogP contribution is -2.50. The molecule has 0 aliphatic carbocycles. The smallest absolute Gasteiger partial charge is 0.414 e. The van der Waals surface area contributed by atoms with Gasteiger partial charge in [0, 0.05) is 30.8 Å². The van der Waals surface area contributed by atoms with E-state index < -0.39 is 17.3 Å². The lowest BCUT2D eigenvalue weighted by atomic mass is 9.82. The van der Waals surface area contributed by atoms with Crippen LogP contribution < -0.4 is 0 Å². The lowest BCUT2D eigenvalue weighted by Gasteiger charge is -2.44. The second kappa shape index (κ2) is 6.69. The predicted octanol–water partition coefficient (Wildman–Crippen LogP) is 3.64. The summed E-state index contributed by atoms with van der Waals surface area (Å²) in [5, 5.41) is 11.4. The zero-order chi connectivity index (χ0) is 18.1. The molecule has 1 aliphatic heterocycles. The molecular formula is C17H24ClN3O3. The molecule has 1 aromatic heterocycles. The molecule has 1 aliphatic rings. The van der Waals surface area contributed by atoms with E-state index in [1.807, 2.05) is 34.6 Å². The highest BCUT2D eigenvalue weighted by molar-refractivity contribution is 6.31. The lowest BCUT2D eigenvalue weighted by molar-refractivity contribution is -0.0386. The van der Waals surface area contributed by atoms with Crippen molar-refractivity contribution in [2.75, 3.05) is 0 Å². The number of rotatable bonds is 1. The Kier molecular flexibility index (Phi) is 5.20. The minimum atomic E-state index is -1.25. The third kappa shape index (κ3) is 3.87. The fraction of sp³-hybridized carbons (Fsp3) is 0.588. The van der Waals surface area contributed by atoms with Gasteiger partial charge in [-0.3, -0.25) is 4.90 Å². The van der Waals surface area contributed by atoms with E-state index in [0.29, 0.717) is 22.8 Å². The van der Waals surface area contributed by atoms with Crippen LogP contribution in [0.2, 0.25) is 5.02 Å². The van der Waals surface area contributed by atoms with E-state index >= 15 is 0 Å². The van der Waals surface area contributed by atoms with E-state index in [1.54, 1.807) is 11.0 Å². The Balaban J connectivity index is 2.32. The number of allylic oxidation sites excluding steroid dienone is 1. The molecule has 2 rings (SSSR count). The van der Waals surface area contributed by atoms with Crippen LogP contribution in [0, 0.1) is 0 Å². The molecule has 1 aromatic rings. The molecule has 0 aromatic carbocycles. The zero-order valence-corrected chi connectivity index (χ0v) is 15.5. The van der Waals surface area contributed by atoms with Crippen molar-refractivity contribution in [1.82, 2.24) is 14.9 Å². The molecule has 2 heterocycles. The summed E-state index contributed by atoms with van der Waals surface area (Å²) in [5.41, 5.74) is -0.770. The molecule has 0 spiro atoms. The molecule has 0 bridgehead atoms. The second-order valence-electron chi connectivity index (χ2n) is 7.11. The average Bonchev–Trinajstić information content (AvgIpc) is 2.44. The molecule has 2 atom stereocenters. The van der Waals surface area contributed by atoms with Crippen molar-refractivity contribution in [2.24, 2.45) is 0 Å². The minimum absolute atomic E-state index is 0.226. The third-order valence-electron chi connectivity index (χ3n) is 3.89. The van der Waals surface area contributed by atoms with Crippen molar-refractivity contribution in [1.29, 1.82) is 0 Å². The number of hydrogen-bond donors (Lipinski definition) is 1. The highest BCUT2D eigenvalue weighted by atomic mass is 35.5. The van der Waals surface area contributed by atoms with Gasteiger partial charge in [-0.2, -0.15) is 0 Å². The van der Waals surface area contributed by atoms with Crippen molar-refractivity contribution >= 4 is 17.7 Å². The van der Waals surface area contributed by atoms with E-state index in [-0.39, 0.29) is 12.5 Å². The van der Waals surface area contributed by atoms with Crippen LogP contribution in [0.3, 0.4) is 0 Å². The average molecular weight is 354 g/mol. The van der Waals surface area contributed by atoms with Gasteiger partial charge in [0.15, 0.2) is 0 Å². The molecule has 6 nitrogen and oxygen atoms in total. The number of nitrogens with zero attached hydrogens (tertiary/aromatic N) is 3.